The van der Waals surface area contributed by atoms with Crippen molar-refractivity contribution < 1.29 is 23.0 Å². The largest absolute Gasteiger partial charge is 0.497 e. The molecule has 0 aliphatic carbocycles. The molecular weight excluding hydrogens is 478 g/mol. The number of rotatable bonds is 5. The van der Waals surface area contributed by atoms with E-state index in [0.717, 1.165) is 42.7 Å². The van der Waals surface area contributed by atoms with Gasteiger partial charge in [-0.25, -0.2) is 18.4 Å². The van der Waals surface area contributed by atoms with Crippen molar-refractivity contribution >= 4 is 16.8 Å². The number of amides is 1. The van der Waals surface area contributed by atoms with Crippen LogP contribution in [-0.4, -0.2) is 39.3 Å². The van der Waals surface area contributed by atoms with Gasteiger partial charge in [-0.05, 0) is 62.1 Å². The molecule has 2 atom stereocenters. The molecule has 0 N–H and O–H groups in total. The summed E-state index contributed by atoms with van der Waals surface area (Å²) in [5, 5.41) is 5.18. The Labute approximate surface area is 212 Å². The van der Waals surface area contributed by atoms with Crippen LogP contribution >= 0.6 is 0 Å². The van der Waals surface area contributed by atoms with Gasteiger partial charge < -0.3 is 14.4 Å². The van der Waals surface area contributed by atoms with E-state index in [2.05, 4.69) is 0 Å². The van der Waals surface area contributed by atoms with Crippen molar-refractivity contribution in [3.8, 4) is 17.1 Å². The molecule has 0 bridgehead atoms. The molecule has 9 heteroatoms. The molecule has 0 spiro atoms. The standard InChI is InChI=1S/C28H26F2N4O3/c1-16-26-19(28(35)33(16)15-17-6-8-18(36-2)9-7-17)10-11-23(31-26)27-20-13-21(29)22(30)14-24(20)34(32-27)25-5-3-4-12-37-25/h6-11,13-14,16,25H,3-5,12,15H2,1-2H3. The third-order valence-corrected chi connectivity index (χ3v) is 7.21. The fourth-order valence-electron chi connectivity index (χ4n) is 5.18. The van der Waals surface area contributed by atoms with Gasteiger partial charge in [0.05, 0.1) is 35.6 Å². The molecule has 190 valence electrons. The van der Waals surface area contributed by atoms with Gasteiger partial charge in [-0.2, -0.15) is 5.10 Å². The van der Waals surface area contributed by atoms with Crippen molar-refractivity contribution in [3.63, 3.8) is 0 Å². The van der Waals surface area contributed by atoms with Crippen LogP contribution in [0.5, 0.6) is 5.75 Å². The Balaban J connectivity index is 1.38. The van der Waals surface area contributed by atoms with E-state index >= 15 is 0 Å². The van der Waals surface area contributed by atoms with Gasteiger partial charge in [0.25, 0.3) is 5.91 Å². The molecule has 6 rings (SSSR count). The first-order valence-electron chi connectivity index (χ1n) is 12.4. The van der Waals surface area contributed by atoms with Crippen LogP contribution in [0, 0.1) is 11.6 Å². The maximum Gasteiger partial charge on any atom is 0.256 e. The fraction of sp³-hybridized carbons (Fsp3) is 0.321. The Morgan fingerprint density at radius 1 is 1.08 bits per heavy atom. The number of hydrogen-bond donors (Lipinski definition) is 0. The van der Waals surface area contributed by atoms with Crippen molar-refractivity contribution in [2.24, 2.45) is 0 Å². The molecule has 7 nitrogen and oxygen atoms in total. The predicted octanol–water partition coefficient (Wildman–Crippen LogP) is 5.80. The predicted molar refractivity (Wildman–Crippen MR) is 133 cm³/mol. The number of benzene rings is 2. The van der Waals surface area contributed by atoms with Gasteiger partial charge in [-0.3, -0.25) is 4.79 Å². The maximum atomic E-state index is 14.3. The molecule has 1 saturated heterocycles. The SMILES string of the molecule is COc1ccc(CN2C(=O)c3ccc(-c4nn(C5CCCCO5)c5cc(F)c(F)cc45)nc3C2C)cc1. The van der Waals surface area contributed by atoms with Gasteiger partial charge in [0, 0.05) is 24.6 Å². The number of carbonyl (C=O) groups is 1. The van der Waals surface area contributed by atoms with E-state index in [9.17, 15) is 13.6 Å². The Bertz CT molecular complexity index is 1500. The molecule has 4 aromatic rings. The third kappa shape index (κ3) is 4.03. The van der Waals surface area contributed by atoms with E-state index < -0.39 is 11.6 Å². The first-order valence-corrected chi connectivity index (χ1v) is 12.4. The van der Waals surface area contributed by atoms with E-state index in [-0.39, 0.29) is 18.2 Å². The molecule has 0 radical (unpaired) electrons. The summed E-state index contributed by atoms with van der Waals surface area (Å²) in [4.78, 5) is 19.8. The first kappa shape index (κ1) is 23.5. The highest BCUT2D eigenvalue weighted by Gasteiger charge is 2.36. The van der Waals surface area contributed by atoms with Crippen LogP contribution in [0.15, 0.2) is 48.5 Å². The highest BCUT2D eigenvalue weighted by molar-refractivity contribution is 5.99. The number of nitrogens with zero attached hydrogens (tertiary/aromatic N) is 4. The molecule has 37 heavy (non-hydrogen) atoms. The highest BCUT2D eigenvalue weighted by Crippen LogP contribution is 2.37. The number of halogens is 2. The second kappa shape index (κ2) is 9.23. The lowest BCUT2D eigenvalue weighted by Gasteiger charge is -2.23. The van der Waals surface area contributed by atoms with Crippen LogP contribution in [0.25, 0.3) is 22.3 Å². The number of ether oxygens (including phenoxy) is 2. The number of aromatic nitrogens is 3. The molecule has 2 aliphatic heterocycles. The zero-order valence-corrected chi connectivity index (χ0v) is 20.6. The van der Waals surface area contributed by atoms with E-state index in [0.29, 0.717) is 46.7 Å². The smallest absolute Gasteiger partial charge is 0.256 e. The minimum absolute atomic E-state index is 0.100. The minimum atomic E-state index is -0.951. The maximum absolute atomic E-state index is 14.3. The summed E-state index contributed by atoms with van der Waals surface area (Å²) in [6.07, 6.45) is 2.30. The van der Waals surface area contributed by atoms with Crippen LogP contribution in [0.3, 0.4) is 0 Å². The van der Waals surface area contributed by atoms with E-state index in [1.165, 1.54) is 0 Å². The zero-order valence-electron chi connectivity index (χ0n) is 20.6. The minimum Gasteiger partial charge on any atom is -0.497 e. The lowest BCUT2D eigenvalue weighted by Crippen LogP contribution is -2.26. The van der Waals surface area contributed by atoms with E-state index in [1.807, 2.05) is 31.2 Å². The van der Waals surface area contributed by atoms with Gasteiger partial charge in [0.1, 0.15) is 11.4 Å². The van der Waals surface area contributed by atoms with Gasteiger partial charge in [-0.1, -0.05) is 12.1 Å². The summed E-state index contributed by atoms with van der Waals surface area (Å²) >= 11 is 0. The molecule has 0 saturated carbocycles. The van der Waals surface area contributed by atoms with Crippen LogP contribution in [0.4, 0.5) is 8.78 Å². The van der Waals surface area contributed by atoms with Gasteiger partial charge in [0.15, 0.2) is 17.9 Å². The number of methoxy groups -OCH3 is 1. The molecule has 1 fully saturated rings. The normalized spacial score (nSPS) is 19.5. The second-order valence-corrected chi connectivity index (χ2v) is 9.48. The summed E-state index contributed by atoms with van der Waals surface area (Å²) in [5.41, 5.74) is 3.52. The van der Waals surface area contributed by atoms with E-state index in [4.69, 9.17) is 19.6 Å². The number of fused-ring (bicyclic) bond motifs is 2. The summed E-state index contributed by atoms with van der Waals surface area (Å²) in [5.74, 6) is -1.24. The average Bonchev–Trinajstić information content (AvgIpc) is 3.40. The van der Waals surface area contributed by atoms with Crippen LogP contribution in [0.2, 0.25) is 0 Å². The average molecular weight is 505 g/mol. The molecule has 4 heterocycles. The third-order valence-electron chi connectivity index (χ3n) is 7.21. The Morgan fingerprint density at radius 3 is 2.59 bits per heavy atom. The van der Waals surface area contributed by atoms with Gasteiger partial charge >= 0.3 is 0 Å². The lowest BCUT2D eigenvalue weighted by molar-refractivity contribution is -0.0365. The Hall–Kier alpha value is -3.85. The van der Waals surface area contributed by atoms with Gasteiger partial charge in [0.2, 0.25) is 0 Å². The number of carbonyl (C=O) groups excluding carboxylic acids is 1. The summed E-state index contributed by atoms with van der Waals surface area (Å²) in [7, 11) is 1.61. The van der Waals surface area contributed by atoms with Crippen LogP contribution in [-0.2, 0) is 11.3 Å². The topological polar surface area (TPSA) is 69.5 Å². The summed E-state index contributed by atoms with van der Waals surface area (Å²) < 4.78 is 41.3. The zero-order chi connectivity index (χ0) is 25.7. The molecule has 1 amide bonds. The number of hydrogen-bond acceptors (Lipinski definition) is 5. The molecule has 2 aromatic heterocycles. The first-order chi connectivity index (χ1) is 17.9. The monoisotopic (exact) mass is 504 g/mol. The van der Waals surface area contributed by atoms with Crippen molar-refractivity contribution in [2.45, 2.75) is 45.0 Å². The van der Waals surface area contributed by atoms with Crippen molar-refractivity contribution in [3.05, 3.63) is 77.0 Å². The second-order valence-electron chi connectivity index (χ2n) is 9.48. The van der Waals surface area contributed by atoms with Crippen molar-refractivity contribution in [1.82, 2.24) is 19.7 Å². The summed E-state index contributed by atoms with van der Waals surface area (Å²) in [6, 6.07) is 13.1. The van der Waals surface area contributed by atoms with E-state index in [1.54, 1.807) is 28.8 Å². The Kier molecular flexibility index (Phi) is 5.87. The van der Waals surface area contributed by atoms with Crippen LogP contribution < -0.4 is 4.74 Å². The lowest BCUT2D eigenvalue weighted by atomic mass is 10.1. The summed E-state index contributed by atoms with van der Waals surface area (Å²) in [6.45, 7) is 2.95. The molecule has 2 unspecified atom stereocenters. The van der Waals surface area contributed by atoms with Crippen molar-refractivity contribution in [1.29, 1.82) is 0 Å². The fourth-order valence-corrected chi connectivity index (χ4v) is 5.18. The van der Waals surface area contributed by atoms with Gasteiger partial charge in [-0.15, -0.1) is 0 Å². The Morgan fingerprint density at radius 2 is 1.86 bits per heavy atom. The number of pyridine rings is 1. The van der Waals surface area contributed by atoms with Crippen molar-refractivity contribution in [2.75, 3.05) is 13.7 Å². The molecular formula is C28H26F2N4O3. The molecule has 2 aliphatic rings. The highest BCUT2D eigenvalue weighted by atomic mass is 19.2. The quantitative estimate of drug-likeness (QED) is 0.344. The molecule has 2 aromatic carbocycles. The van der Waals surface area contributed by atoms with Crippen LogP contribution in [0.1, 0.15) is 60.1 Å².